The van der Waals surface area contributed by atoms with Crippen LogP contribution in [0.5, 0.6) is 0 Å². The molecule has 0 unspecified atom stereocenters. The Morgan fingerprint density at radius 3 is 2.27 bits per heavy atom. The molecule has 1 aliphatic rings. The van der Waals surface area contributed by atoms with E-state index < -0.39 is 8.07 Å². The number of nitrogens with zero attached hydrogens (tertiary/aromatic N) is 2. The van der Waals surface area contributed by atoms with E-state index in [1.54, 1.807) is 0 Å². The maximum Gasteiger partial charge on any atom is 0.120 e. The molecule has 8 rings (SSSR count). The molecule has 49 heavy (non-hydrogen) atoms. The SMILES string of the molecule is C[Si](C)(C)c1ccc(-c2[c-]cccc2)nc1.[Ir].[c-]1ccc2c(oc3ccc(-c4ccccc4)cc32)c1-c1cc(CC2CCCCC2)ccn1. The summed E-state index contributed by atoms with van der Waals surface area (Å²) in [7, 11) is -1.23. The molecule has 3 heterocycles. The van der Waals surface area contributed by atoms with Crippen LogP contribution in [0.15, 0.2) is 126 Å². The topological polar surface area (TPSA) is 38.9 Å². The summed E-state index contributed by atoms with van der Waals surface area (Å²) in [4.78, 5) is 9.22. The number of pyridine rings is 2. The van der Waals surface area contributed by atoms with E-state index in [1.807, 2.05) is 48.8 Å². The van der Waals surface area contributed by atoms with Crippen molar-refractivity contribution in [3.05, 3.63) is 139 Å². The zero-order valence-corrected chi connectivity index (χ0v) is 31.9. The normalized spacial score (nSPS) is 13.4. The van der Waals surface area contributed by atoms with E-state index in [2.05, 4.69) is 110 Å². The zero-order valence-electron chi connectivity index (χ0n) is 28.5. The molecule has 0 aliphatic heterocycles. The first-order valence-electron chi connectivity index (χ1n) is 17.2. The molecule has 4 aromatic carbocycles. The Kier molecular flexibility index (Phi) is 11.0. The molecule has 1 saturated carbocycles. The average Bonchev–Trinajstić information content (AvgIpc) is 3.51. The predicted octanol–water partition coefficient (Wildman–Crippen LogP) is 11.3. The van der Waals surface area contributed by atoms with Gasteiger partial charge in [-0.05, 0) is 58.2 Å². The Morgan fingerprint density at radius 1 is 0.714 bits per heavy atom. The second-order valence-corrected chi connectivity index (χ2v) is 19.1. The molecule has 3 aromatic heterocycles. The minimum absolute atomic E-state index is 0. The maximum absolute atomic E-state index is 6.35. The number of hydrogen-bond acceptors (Lipinski definition) is 3. The number of furan rings is 1. The van der Waals surface area contributed by atoms with Gasteiger partial charge in [0.05, 0.1) is 13.7 Å². The summed E-state index contributed by atoms with van der Waals surface area (Å²) in [6.45, 7) is 7.00. The standard InChI is InChI=1S/C30H26NO.C14H16NSi.Ir/c1-3-8-21(9-4-1)18-22-16-17-31-28(19-22)26-13-7-12-25-27-20-24(23-10-5-2-6-11-23)14-15-29(27)32-30(25)26;1-16(2,3)13-9-10-14(15-11-13)12-7-5-4-6-8-12;/h2,5-7,10-12,14-17,19-21H,1,3-4,8-9,18H2;4-7,9-11H,1-3H3;/q2*-1;. The quantitative estimate of drug-likeness (QED) is 0.124. The molecule has 3 nitrogen and oxygen atoms in total. The average molecular weight is 835 g/mol. The second-order valence-electron chi connectivity index (χ2n) is 14.0. The van der Waals surface area contributed by atoms with Gasteiger partial charge in [-0.1, -0.05) is 123 Å². The minimum atomic E-state index is -1.23. The van der Waals surface area contributed by atoms with Crippen LogP contribution in [0.2, 0.25) is 19.6 Å². The Bertz CT molecular complexity index is 2110. The van der Waals surface area contributed by atoms with E-state index in [0.29, 0.717) is 0 Å². The molecule has 249 valence electrons. The molecule has 5 heteroatoms. The number of benzene rings is 4. The van der Waals surface area contributed by atoms with E-state index in [0.717, 1.165) is 56.8 Å². The van der Waals surface area contributed by atoms with Gasteiger partial charge >= 0.3 is 0 Å². The van der Waals surface area contributed by atoms with Crippen LogP contribution >= 0.6 is 0 Å². The van der Waals surface area contributed by atoms with Crippen LogP contribution in [0, 0.1) is 18.1 Å². The summed E-state index contributed by atoms with van der Waals surface area (Å²) in [5, 5.41) is 3.65. The Labute approximate surface area is 305 Å². The van der Waals surface area contributed by atoms with E-state index in [9.17, 15) is 0 Å². The van der Waals surface area contributed by atoms with E-state index in [4.69, 9.17) is 9.40 Å². The fourth-order valence-corrected chi connectivity index (χ4v) is 7.79. The van der Waals surface area contributed by atoms with Crippen LogP contribution in [0.25, 0.3) is 55.6 Å². The molecule has 0 N–H and O–H groups in total. The maximum atomic E-state index is 6.35. The van der Waals surface area contributed by atoms with Gasteiger partial charge in [0.25, 0.3) is 0 Å². The summed E-state index contributed by atoms with van der Waals surface area (Å²) in [5.74, 6) is 0.807. The van der Waals surface area contributed by atoms with Gasteiger partial charge in [-0.2, -0.15) is 0 Å². The molecule has 1 radical (unpaired) electrons. The van der Waals surface area contributed by atoms with Crippen LogP contribution in [0.3, 0.4) is 0 Å². The van der Waals surface area contributed by atoms with Gasteiger partial charge in [-0.25, -0.2) is 0 Å². The molecular formula is C44H42IrN2OSi-2. The molecule has 1 fully saturated rings. The van der Waals surface area contributed by atoms with Gasteiger partial charge in [-0.3, -0.25) is 0 Å². The first-order valence-corrected chi connectivity index (χ1v) is 20.7. The molecule has 0 bridgehead atoms. The molecular weight excluding hydrogens is 793 g/mol. The third-order valence-electron chi connectivity index (χ3n) is 9.48. The fraction of sp³-hybridized carbons (Fsp3) is 0.227. The van der Waals surface area contributed by atoms with E-state index in [-0.39, 0.29) is 20.1 Å². The van der Waals surface area contributed by atoms with Crippen molar-refractivity contribution in [3.63, 3.8) is 0 Å². The Hall–Kier alpha value is -4.15. The van der Waals surface area contributed by atoms with Gasteiger partial charge in [0.1, 0.15) is 5.58 Å². The second kappa shape index (κ2) is 15.6. The van der Waals surface area contributed by atoms with Crippen LogP contribution in [-0.4, -0.2) is 18.0 Å². The largest absolute Gasteiger partial charge is 0.501 e. The van der Waals surface area contributed by atoms with Crippen molar-refractivity contribution < 1.29 is 24.5 Å². The van der Waals surface area contributed by atoms with Gasteiger partial charge in [-0.15, -0.1) is 54.1 Å². The van der Waals surface area contributed by atoms with Crippen molar-refractivity contribution in [2.24, 2.45) is 5.92 Å². The first kappa shape index (κ1) is 34.7. The molecule has 0 spiro atoms. The van der Waals surface area contributed by atoms with Gasteiger partial charge < -0.3 is 14.4 Å². The molecule has 0 atom stereocenters. The van der Waals surface area contributed by atoms with Gasteiger partial charge in [0.15, 0.2) is 0 Å². The molecule has 0 amide bonds. The third kappa shape index (κ3) is 8.19. The van der Waals surface area contributed by atoms with Crippen molar-refractivity contribution in [2.45, 2.75) is 58.2 Å². The van der Waals surface area contributed by atoms with E-state index >= 15 is 0 Å². The monoisotopic (exact) mass is 835 g/mol. The van der Waals surface area contributed by atoms with E-state index in [1.165, 1.54) is 54.0 Å². The summed E-state index contributed by atoms with van der Waals surface area (Å²) in [6.07, 6.45) is 12.0. The summed E-state index contributed by atoms with van der Waals surface area (Å²) in [6, 6.07) is 44.3. The predicted molar refractivity (Wildman–Crippen MR) is 203 cm³/mol. The van der Waals surface area contributed by atoms with Crippen molar-refractivity contribution in [1.82, 2.24) is 9.97 Å². The van der Waals surface area contributed by atoms with Crippen molar-refractivity contribution in [1.29, 1.82) is 0 Å². The smallest absolute Gasteiger partial charge is 0.120 e. The fourth-order valence-electron chi connectivity index (χ4n) is 6.75. The molecule has 0 saturated heterocycles. The van der Waals surface area contributed by atoms with Crippen LogP contribution in [-0.2, 0) is 26.5 Å². The third-order valence-corrected chi connectivity index (χ3v) is 11.5. The molecule has 1 aliphatic carbocycles. The van der Waals surface area contributed by atoms with Gasteiger partial charge in [0.2, 0.25) is 0 Å². The summed E-state index contributed by atoms with van der Waals surface area (Å²) >= 11 is 0. The number of hydrogen-bond donors (Lipinski definition) is 0. The summed E-state index contributed by atoms with van der Waals surface area (Å²) in [5.41, 5.74) is 9.51. The van der Waals surface area contributed by atoms with Crippen LogP contribution < -0.4 is 5.19 Å². The van der Waals surface area contributed by atoms with Crippen LogP contribution in [0.4, 0.5) is 0 Å². The number of aromatic nitrogens is 2. The first-order chi connectivity index (χ1) is 23.4. The molecule has 7 aromatic rings. The zero-order chi connectivity index (χ0) is 32.9. The Balaban J connectivity index is 0.000000208. The van der Waals surface area contributed by atoms with Crippen molar-refractivity contribution >= 4 is 35.2 Å². The number of rotatable bonds is 6. The summed E-state index contributed by atoms with van der Waals surface area (Å²) < 4.78 is 6.35. The van der Waals surface area contributed by atoms with Gasteiger partial charge in [0, 0.05) is 37.9 Å². The minimum Gasteiger partial charge on any atom is -0.501 e. The van der Waals surface area contributed by atoms with Crippen molar-refractivity contribution in [2.75, 3.05) is 0 Å². The Morgan fingerprint density at radius 2 is 1.53 bits per heavy atom. The van der Waals surface area contributed by atoms with Crippen molar-refractivity contribution in [3.8, 4) is 33.6 Å². The van der Waals surface area contributed by atoms with Crippen LogP contribution in [0.1, 0.15) is 37.7 Å². The number of fused-ring (bicyclic) bond motifs is 3.